The Morgan fingerprint density at radius 1 is 1.20 bits per heavy atom. The molecule has 1 spiro atoms. The molecule has 0 aromatic heterocycles. The quantitative estimate of drug-likeness (QED) is 0.894. The summed E-state index contributed by atoms with van der Waals surface area (Å²) >= 11 is 0. The summed E-state index contributed by atoms with van der Waals surface area (Å²) in [7, 11) is 0. The number of hydrogen-bond acceptors (Lipinski definition) is 2. The molecule has 1 N–H and O–H groups in total. The first-order valence-electron chi connectivity index (χ1n) is 9.79. The number of aryl methyl sites for hydroxylation is 1. The van der Waals surface area contributed by atoms with E-state index < -0.39 is 0 Å². The van der Waals surface area contributed by atoms with Crippen LogP contribution in [0, 0.1) is 5.41 Å². The SMILES string of the molecule is CC1(CNC(=O)N2CCCC3(CCCCc4ccccc43)C2)COC1. The van der Waals surface area contributed by atoms with E-state index in [1.54, 1.807) is 0 Å². The van der Waals surface area contributed by atoms with Crippen molar-refractivity contribution in [2.24, 2.45) is 5.41 Å². The molecule has 1 aromatic rings. The fourth-order valence-corrected chi connectivity index (χ4v) is 4.85. The minimum absolute atomic E-state index is 0.105. The Kier molecular flexibility index (Phi) is 4.48. The van der Waals surface area contributed by atoms with Crippen molar-refractivity contribution in [3.8, 4) is 0 Å². The lowest BCUT2D eigenvalue weighted by Gasteiger charge is -2.44. The molecule has 2 amide bonds. The number of nitrogens with one attached hydrogen (secondary N) is 1. The molecule has 2 saturated heterocycles. The number of hydrogen-bond donors (Lipinski definition) is 1. The number of carbonyl (C=O) groups excluding carboxylic acids is 1. The van der Waals surface area contributed by atoms with Crippen LogP contribution in [0.1, 0.15) is 50.2 Å². The Morgan fingerprint density at radius 2 is 2.00 bits per heavy atom. The smallest absolute Gasteiger partial charge is 0.317 e. The van der Waals surface area contributed by atoms with E-state index in [1.807, 2.05) is 0 Å². The molecule has 0 saturated carbocycles. The third-order valence-corrected chi connectivity index (χ3v) is 6.37. The van der Waals surface area contributed by atoms with E-state index in [4.69, 9.17) is 4.74 Å². The van der Waals surface area contributed by atoms with Crippen LogP contribution in [0.3, 0.4) is 0 Å². The fourth-order valence-electron chi connectivity index (χ4n) is 4.85. The van der Waals surface area contributed by atoms with Crippen LogP contribution in [0.25, 0.3) is 0 Å². The molecule has 1 unspecified atom stereocenters. The number of nitrogens with zero attached hydrogens (tertiary/aromatic N) is 1. The third-order valence-electron chi connectivity index (χ3n) is 6.37. The Bertz CT molecular complexity index is 641. The van der Waals surface area contributed by atoms with E-state index in [0.29, 0.717) is 6.54 Å². The van der Waals surface area contributed by atoms with Crippen molar-refractivity contribution in [2.45, 2.75) is 50.9 Å². The van der Waals surface area contributed by atoms with Gasteiger partial charge in [0.1, 0.15) is 0 Å². The molecule has 136 valence electrons. The zero-order chi connectivity index (χ0) is 17.3. The number of piperidine rings is 1. The van der Waals surface area contributed by atoms with Crippen LogP contribution in [0.5, 0.6) is 0 Å². The van der Waals surface area contributed by atoms with Crippen LogP contribution in [0.2, 0.25) is 0 Å². The second-order valence-corrected chi connectivity index (χ2v) is 8.63. The van der Waals surface area contributed by atoms with E-state index in [2.05, 4.69) is 41.4 Å². The molecule has 4 rings (SSSR count). The zero-order valence-corrected chi connectivity index (χ0v) is 15.4. The lowest BCUT2D eigenvalue weighted by molar-refractivity contribution is -0.0979. The molecule has 2 fully saturated rings. The van der Waals surface area contributed by atoms with E-state index in [0.717, 1.165) is 32.7 Å². The summed E-state index contributed by atoms with van der Waals surface area (Å²) in [5.41, 5.74) is 3.29. The van der Waals surface area contributed by atoms with E-state index in [1.165, 1.54) is 43.2 Å². The highest BCUT2D eigenvalue weighted by atomic mass is 16.5. The van der Waals surface area contributed by atoms with Crippen LogP contribution in [0.15, 0.2) is 24.3 Å². The number of amides is 2. The first kappa shape index (κ1) is 16.9. The van der Waals surface area contributed by atoms with Crippen LogP contribution in [0.4, 0.5) is 4.79 Å². The maximum Gasteiger partial charge on any atom is 0.317 e. The van der Waals surface area contributed by atoms with Crippen molar-refractivity contribution in [1.29, 1.82) is 0 Å². The van der Waals surface area contributed by atoms with Gasteiger partial charge in [0.05, 0.1) is 13.2 Å². The molecule has 1 atom stereocenters. The predicted molar refractivity (Wildman–Crippen MR) is 98.8 cm³/mol. The van der Waals surface area contributed by atoms with Gasteiger partial charge in [0.25, 0.3) is 0 Å². The topological polar surface area (TPSA) is 41.6 Å². The highest BCUT2D eigenvalue weighted by Crippen LogP contribution is 2.42. The highest BCUT2D eigenvalue weighted by molar-refractivity contribution is 5.74. The van der Waals surface area contributed by atoms with Gasteiger partial charge in [0.2, 0.25) is 0 Å². The number of benzene rings is 1. The molecule has 0 radical (unpaired) electrons. The van der Waals surface area contributed by atoms with Crippen molar-refractivity contribution in [1.82, 2.24) is 10.2 Å². The van der Waals surface area contributed by atoms with Gasteiger partial charge in [-0.3, -0.25) is 0 Å². The Morgan fingerprint density at radius 3 is 2.80 bits per heavy atom. The zero-order valence-electron chi connectivity index (χ0n) is 15.4. The number of urea groups is 1. The van der Waals surface area contributed by atoms with Crippen LogP contribution >= 0.6 is 0 Å². The summed E-state index contributed by atoms with van der Waals surface area (Å²) in [6, 6.07) is 9.04. The number of fused-ring (bicyclic) bond motifs is 2. The first-order chi connectivity index (χ1) is 12.1. The van der Waals surface area contributed by atoms with Crippen molar-refractivity contribution >= 4 is 6.03 Å². The summed E-state index contributed by atoms with van der Waals surface area (Å²) in [5, 5.41) is 3.16. The molecule has 4 heteroatoms. The number of carbonyl (C=O) groups is 1. The van der Waals surface area contributed by atoms with Gasteiger partial charge < -0.3 is 15.0 Å². The minimum Gasteiger partial charge on any atom is -0.380 e. The Balaban J connectivity index is 1.49. The summed E-state index contributed by atoms with van der Waals surface area (Å²) < 4.78 is 5.29. The average molecular weight is 342 g/mol. The van der Waals surface area contributed by atoms with Crippen LogP contribution in [-0.2, 0) is 16.6 Å². The van der Waals surface area contributed by atoms with Gasteiger partial charge in [0.15, 0.2) is 0 Å². The van der Waals surface area contributed by atoms with Crippen molar-refractivity contribution in [3.63, 3.8) is 0 Å². The summed E-state index contributed by atoms with van der Waals surface area (Å²) in [4.78, 5) is 14.8. The summed E-state index contributed by atoms with van der Waals surface area (Å²) in [6.45, 7) is 6.14. The molecule has 1 aliphatic carbocycles. The van der Waals surface area contributed by atoms with Crippen molar-refractivity contribution in [3.05, 3.63) is 35.4 Å². The van der Waals surface area contributed by atoms with Crippen molar-refractivity contribution < 1.29 is 9.53 Å². The van der Waals surface area contributed by atoms with Crippen molar-refractivity contribution in [2.75, 3.05) is 32.8 Å². The molecule has 2 aliphatic heterocycles. The second kappa shape index (κ2) is 6.64. The van der Waals surface area contributed by atoms with Gasteiger partial charge >= 0.3 is 6.03 Å². The average Bonchev–Trinajstić information content (AvgIpc) is 2.78. The largest absolute Gasteiger partial charge is 0.380 e. The number of rotatable bonds is 2. The Hall–Kier alpha value is -1.55. The fraction of sp³-hybridized carbons (Fsp3) is 0.667. The van der Waals surface area contributed by atoms with Crippen LogP contribution in [-0.4, -0.2) is 43.8 Å². The van der Waals surface area contributed by atoms with Gasteiger partial charge in [-0.25, -0.2) is 4.79 Å². The normalized spacial score (nSPS) is 28.0. The van der Waals surface area contributed by atoms with E-state index >= 15 is 0 Å². The second-order valence-electron chi connectivity index (χ2n) is 8.63. The molecule has 25 heavy (non-hydrogen) atoms. The van der Waals surface area contributed by atoms with Gasteiger partial charge in [-0.2, -0.15) is 0 Å². The summed E-state index contributed by atoms with van der Waals surface area (Å²) in [5.74, 6) is 0. The van der Waals surface area contributed by atoms with Gasteiger partial charge in [0, 0.05) is 30.5 Å². The van der Waals surface area contributed by atoms with Gasteiger partial charge in [-0.15, -0.1) is 0 Å². The molecule has 2 heterocycles. The standard InChI is InChI=1S/C21H30N2O2/c1-20(15-25-16-20)13-22-19(24)23-12-6-11-21(14-23)10-5-4-8-17-7-2-3-9-18(17)21/h2-3,7,9H,4-6,8,10-16H2,1H3,(H,22,24). The molecule has 3 aliphatic rings. The number of likely N-dealkylation sites (tertiary alicyclic amines) is 1. The highest BCUT2D eigenvalue weighted by Gasteiger charge is 2.41. The van der Waals surface area contributed by atoms with Gasteiger partial charge in [-0.05, 0) is 43.2 Å². The number of ether oxygens (including phenoxy) is 1. The Labute approximate surface area is 150 Å². The lowest BCUT2D eigenvalue weighted by Crippen LogP contribution is -2.55. The van der Waals surface area contributed by atoms with E-state index in [9.17, 15) is 4.79 Å². The third kappa shape index (κ3) is 3.29. The molecule has 4 nitrogen and oxygen atoms in total. The van der Waals surface area contributed by atoms with Gasteiger partial charge in [-0.1, -0.05) is 37.6 Å². The molecule has 1 aromatic carbocycles. The molecular formula is C21H30N2O2. The van der Waals surface area contributed by atoms with E-state index in [-0.39, 0.29) is 16.9 Å². The maximum atomic E-state index is 12.8. The predicted octanol–water partition coefficient (Wildman–Crippen LogP) is 3.49. The molecular weight excluding hydrogens is 312 g/mol. The monoisotopic (exact) mass is 342 g/mol. The minimum atomic E-state index is 0.105. The summed E-state index contributed by atoms with van der Waals surface area (Å²) in [6.07, 6.45) is 7.23. The lowest BCUT2D eigenvalue weighted by atomic mass is 9.70. The maximum absolute atomic E-state index is 12.8. The first-order valence-corrected chi connectivity index (χ1v) is 9.79. The van der Waals surface area contributed by atoms with Crippen LogP contribution < -0.4 is 5.32 Å². The molecule has 0 bridgehead atoms.